The first-order valence-electron chi connectivity index (χ1n) is 8.18. The van der Waals surface area contributed by atoms with Crippen LogP contribution in [-0.4, -0.2) is 15.5 Å². The van der Waals surface area contributed by atoms with E-state index in [9.17, 15) is 14.0 Å². The minimum Gasteiger partial charge on any atom is -0.350 e. The lowest BCUT2D eigenvalue weighted by Crippen LogP contribution is -2.34. The molecule has 2 aromatic carbocycles. The molecule has 0 atom stereocenters. The summed E-state index contributed by atoms with van der Waals surface area (Å²) in [5.74, 6) is -0.241. The normalized spacial score (nSPS) is 10.9. The van der Waals surface area contributed by atoms with Gasteiger partial charge in [-0.1, -0.05) is 36.7 Å². The van der Waals surface area contributed by atoms with Gasteiger partial charge in [-0.2, -0.15) is 0 Å². The van der Waals surface area contributed by atoms with E-state index in [2.05, 4.69) is 10.3 Å². The molecule has 134 valence electrons. The van der Waals surface area contributed by atoms with Crippen molar-refractivity contribution in [2.45, 2.75) is 26.4 Å². The number of nitrogens with zero attached hydrogens (tertiary/aromatic N) is 2. The van der Waals surface area contributed by atoms with Crippen molar-refractivity contribution in [3.8, 4) is 0 Å². The Kier molecular flexibility index (Phi) is 5.32. The Morgan fingerprint density at radius 2 is 2.04 bits per heavy atom. The van der Waals surface area contributed by atoms with Crippen LogP contribution in [0.4, 0.5) is 4.39 Å². The van der Waals surface area contributed by atoms with E-state index in [1.54, 1.807) is 18.2 Å². The molecule has 1 heterocycles. The predicted molar refractivity (Wildman–Crippen MR) is 98.6 cm³/mol. The molecule has 0 bridgehead atoms. The second-order valence-electron chi connectivity index (χ2n) is 5.80. The molecule has 0 aliphatic carbocycles. The average Bonchev–Trinajstić information content (AvgIpc) is 2.63. The van der Waals surface area contributed by atoms with Gasteiger partial charge in [0.15, 0.2) is 0 Å². The Labute approximate surface area is 154 Å². The van der Waals surface area contributed by atoms with Gasteiger partial charge in [-0.25, -0.2) is 9.37 Å². The molecule has 0 radical (unpaired) electrons. The van der Waals surface area contributed by atoms with Crippen LogP contribution >= 0.6 is 11.6 Å². The van der Waals surface area contributed by atoms with Crippen molar-refractivity contribution in [1.82, 2.24) is 14.9 Å². The molecule has 0 saturated heterocycles. The van der Waals surface area contributed by atoms with Crippen molar-refractivity contribution in [2.75, 3.05) is 0 Å². The highest BCUT2D eigenvalue weighted by Gasteiger charge is 2.13. The summed E-state index contributed by atoms with van der Waals surface area (Å²) in [5, 5.41) is 3.41. The highest BCUT2D eigenvalue weighted by molar-refractivity contribution is 6.31. The van der Waals surface area contributed by atoms with Crippen molar-refractivity contribution in [1.29, 1.82) is 0 Å². The van der Waals surface area contributed by atoms with Gasteiger partial charge >= 0.3 is 0 Å². The Morgan fingerprint density at radius 1 is 1.27 bits per heavy atom. The maximum absolute atomic E-state index is 13.1. The number of aromatic nitrogens is 2. The first-order chi connectivity index (χ1) is 12.5. The summed E-state index contributed by atoms with van der Waals surface area (Å²) >= 11 is 5.95. The number of amides is 1. The molecular formula is C19H17ClFN3O2. The summed E-state index contributed by atoms with van der Waals surface area (Å²) in [6.07, 6.45) is 0.525. The molecule has 0 aliphatic rings. The quantitative estimate of drug-likeness (QED) is 0.747. The maximum atomic E-state index is 13.1. The van der Waals surface area contributed by atoms with Crippen LogP contribution < -0.4 is 10.9 Å². The number of carbonyl (C=O) groups is 1. The van der Waals surface area contributed by atoms with E-state index in [1.807, 2.05) is 13.0 Å². The minimum atomic E-state index is -0.438. The number of aryl methyl sites for hydroxylation is 1. The number of halogens is 2. The van der Waals surface area contributed by atoms with E-state index in [0.29, 0.717) is 28.7 Å². The molecule has 3 aromatic rings. The fraction of sp³-hybridized carbons (Fsp3) is 0.211. The Hall–Kier alpha value is -2.73. The first-order valence-corrected chi connectivity index (χ1v) is 8.56. The monoisotopic (exact) mass is 373 g/mol. The third-order valence-corrected chi connectivity index (χ3v) is 4.40. The Balaban J connectivity index is 1.80. The van der Waals surface area contributed by atoms with E-state index in [4.69, 9.17) is 11.6 Å². The molecule has 0 spiro atoms. The van der Waals surface area contributed by atoms with Gasteiger partial charge in [-0.3, -0.25) is 14.2 Å². The SMILES string of the molecule is CCc1nc2ccccc2c(=O)n1CC(=O)NCc1ccc(F)cc1Cl. The first kappa shape index (κ1) is 18.1. The van der Waals surface area contributed by atoms with Gasteiger partial charge in [0.1, 0.15) is 18.2 Å². The van der Waals surface area contributed by atoms with E-state index < -0.39 is 5.82 Å². The highest BCUT2D eigenvalue weighted by atomic mass is 35.5. The highest BCUT2D eigenvalue weighted by Crippen LogP contribution is 2.16. The number of hydrogen-bond acceptors (Lipinski definition) is 3. The number of carbonyl (C=O) groups excluding carboxylic acids is 1. The summed E-state index contributed by atoms with van der Waals surface area (Å²) < 4.78 is 14.5. The molecule has 5 nitrogen and oxygen atoms in total. The predicted octanol–water partition coefficient (Wildman–Crippen LogP) is 3.07. The van der Waals surface area contributed by atoms with Gasteiger partial charge in [0.25, 0.3) is 5.56 Å². The number of benzene rings is 2. The number of rotatable bonds is 5. The third kappa shape index (κ3) is 3.75. The maximum Gasteiger partial charge on any atom is 0.261 e. The zero-order valence-electron chi connectivity index (χ0n) is 14.1. The fourth-order valence-corrected chi connectivity index (χ4v) is 2.94. The molecule has 1 amide bonds. The van der Waals surface area contributed by atoms with Gasteiger partial charge in [0.2, 0.25) is 5.91 Å². The lowest BCUT2D eigenvalue weighted by Gasteiger charge is -2.13. The molecule has 1 aromatic heterocycles. The largest absolute Gasteiger partial charge is 0.350 e. The molecule has 0 saturated carbocycles. The third-order valence-electron chi connectivity index (χ3n) is 4.05. The van der Waals surface area contributed by atoms with Crippen LogP contribution in [0, 0.1) is 5.82 Å². The Morgan fingerprint density at radius 3 is 2.77 bits per heavy atom. The molecule has 1 N–H and O–H groups in total. The lowest BCUT2D eigenvalue weighted by atomic mass is 10.2. The number of nitrogens with one attached hydrogen (secondary N) is 1. The minimum absolute atomic E-state index is 0.140. The molecule has 0 unspecified atom stereocenters. The number of hydrogen-bond donors (Lipinski definition) is 1. The molecule has 26 heavy (non-hydrogen) atoms. The fourth-order valence-electron chi connectivity index (χ4n) is 2.71. The van der Waals surface area contributed by atoms with Crippen molar-refractivity contribution >= 4 is 28.4 Å². The number of para-hydroxylation sites is 1. The van der Waals surface area contributed by atoms with Crippen LogP contribution in [0.3, 0.4) is 0 Å². The number of fused-ring (bicyclic) bond motifs is 1. The van der Waals surface area contributed by atoms with Gasteiger partial charge in [0.05, 0.1) is 10.9 Å². The summed E-state index contributed by atoms with van der Waals surface area (Å²) in [7, 11) is 0. The second kappa shape index (κ2) is 7.66. The second-order valence-corrected chi connectivity index (χ2v) is 6.21. The lowest BCUT2D eigenvalue weighted by molar-refractivity contribution is -0.121. The standard InChI is InChI=1S/C19H17ClFN3O2/c1-2-17-23-16-6-4-3-5-14(16)19(26)24(17)11-18(25)22-10-12-7-8-13(21)9-15(12)20/h3-9H,2,10-11H2,1H3,(H,22,25). The molecule has 0 fully saturated rings. The van der Waals surface area contributed by atoms with Crippen molar-refractivity contribution < 1.29 is 9.18 Å². The van der Waals surface area contributed by atoms with E-state index in [-0.39, 0.29) is 29.6 Å². The molecule has 0 aliphatic heterocycles. The van der Waals surface area contributed by atoms with Crippen LogP contribution in [0.5, 0.6) is 0 Å². The molecular weight excluding hydrogens is 357 g/mol. The van der Waals surface area contributed by atoms with Crippen LogP contribution in [-0.2, 0) is 24.3 Å². The van der Waals surface area contributed by atoms with Crippen molar-refractivity contribution in [3.63, 3.8) is 0 Å². The summed E-state index contributed by atoms with van der Waals surface area (Å²) in [5.41, 5.74) is 0.965. The summed E-state index contributed by atoms with van der Waals surface area (Å²) in [6, 6.07) is 11.0. The average molecular weight is 374 g/mol. The van der Waals surface area contributed by atoms with Crippen LogP contribution in [0.25, 0.3) is 10.9 Å². The van der Waals surface area contributed by atoms with Crippen LogP contribution in [0.1, 0.15) is 18.3 Å². The smallest absolute Gasteiger partial charge is 0.261 e. The van der Waals surface area contributed by atoms with Gasteiger partial charge in [0, 0.05) is 18.0 Å². The van der Waals surface area contributed by atoms with Gasteiger partial charge < -0.3 is 5.32 Å². The van der Waals surface area contributed by atoms with Gasteiger partial charge in [-0.15, -0.1) is 0 Å². The van der Waals surface area contributed by atoms with E-state index in [1.165, 1.54) is 22.8 Å². The van der Waals surface area contributed by atoms with Crippen molar-refractivity contribution in [2.24, 2.45) is 0 Å². The molecule has 7 heteroatoms. The zero-order chi connectivity index (χ0) is 18.7. The van der Waals surface area contributed by atoms with Crippen LogP contribution in [0.15, 0.2) is 47.3 Å². The summed E-state index contributed by atoms with van der Waals surface area (Å²) in [4.78, 5) is 29.5. The zero-order valence-corrected chi connectivity index (χ0v) is 14.9. The van der Waals surface area contributed by atoms with E-state index in [0.717, 1.165) is 0 Å². The Bertz CT molecular complexity index is 1030. The van der Waals surface area contributed by atoms with Crippen molar-refractivity contribution in [3.05, 3.63) is 75.0 Å². The topological polar surface area (TPSA) is 64.0 Å². The van der Waals surface area contributed by atoms with Crippen LogP contribution in [0.2, 0.25) is 5.02 Å². The van der Waals surface area contributed by atoms with Gasteiger partial charge in [-0.05, 0) is 29.8 Å². The van der Waals surface area contributed by atoms with E-state index >= 15 is 0 Å². The summed E-state index contributed by atoms with van der Waals surface area (Å²) in [6.45, 7) is 1.89. The molecule has 3 rings (SSSR count).